The Morgan fingerprint density at radius 2 is 2.18 bits per heavy atom. The van der Waals surface area contributed by atoms with Crippen LogP contribution in [0.2, 0.25) is 0 Å². The topological polar surface area (TPSA) is 16.1 Å². The van der Waals surface area contributed by atoms with Gasteiger partial charge in [0.25, 0.3) is 0 Å². The van der Waals surface area contributed by atoms with E-state index in [2.05, 4.69) is 36.0 Å². The van der Waals surface area contributed by atoms with Gasteiger partial charge in [0, 0.05) is 19.2 Å². The Hall–Kier alpha value is -1.09. The van der Waals surface area contributed by atoms with Gasteiger partial charge in [0.15, 0.2) is 0 Å². The van der Waals surface area contributed by atoms with Crippen molar-refractivity contribution in [2.24, 2.45) is 0 Å². The smallest absolute Gasteiger partial charge is 0.128 e. The molecular formula is C14H24N3+. The molecule has 3 nitrogen and oxygen atoms in total. The van der Waals surface area contributed by atoms with E-state index in [9.17, 15) is 0 Å². The summed E-state index contributed by atoms with van der Waals surface area (Å²) < 4.78 is 1.22. The van der Waals surface area contributed by atoms with Crippen molar-refractivity contribution >= 4 is 5.82 Å². The highest BCUT2D eigenvalue weighted by Crippen LogP contribution is 2.16. The van der Waals surface area contributed by atoms with Gasteiger partial charge in [-0.1, -0.05) is 13.0 Å². The highest BCUT2D eigenvalue weighted by atomic mass is 15.4. The zero-order valence-electron chi connectivity index (χ0n) is 11.1. The first-order valence-electron chi connectivity index (χ1n) is 6.73. The summed E-state index contributed by atoms with van der Waals surface area (Å²) in [6.07, 6.45) is 4.44. The maximum atomic E-state index is 4.46. The van der Waals surface area contributed by atoms with E-state index >= 15 is 0 Å². The number of rotatable bonds is 3. The highest BCUT2D eigenvalue weighted by molar-refractivity contribution is 5.37. The minimum absolute atomic E-state index is 1.13. The van der Waals surface area contributed by atoms with Crippen molar-refractivity contribution in [1.29, 1.82) is 0 Å². The summed E-state index contributed by atoms with van der Waals surface area (Å²) in [4.78, 5) is 6.89. The molecule has 3 heteroatoms. The molecule has 0 N–H and O–H groups in total. The van der Waals surface area contributed by atoms with E-state index in [1.165, 1.54) is 37.0 Å². The lowest BCUT2D eigenvalue weighted by molar-refractivity contribution is -0.907. The molecule has 2 rings (SSSR count). The zero-order chi connectivity index (χ0) is 12.1. The molecule has 2 heterocycles. The van der Waals surface area contributed by atoms with E-state index in [1.807, 2.05) is 12.3 Å². The lowest BCUT2D eigenvalue weighted by atomic mass is 10.3. The summed E-state index contributed by atoms with van der Waals surface area (Å²) in [5.41, 5.74) is 0. The van der Waals surface area contributed by atoms with Crippen molar-refractivity contribution in [3.63, 3.8) is 0 Å². The van der Waals surface area contributed by atoms with Crippen molar-refractivity contribution in [3.05, 3.63) is 24.4 Å². The number of hydrogen-bond acceptors (Lipinski definition) is 2. The van der Waals surface area contributed by atoms with Crippen LogP contribution in [0.25, 0.3) is 0 Å². The Morgan fingerprint density at radius 3 is 2.88 bits per heavy atom. The first-order valence-corrected chi connectivity index (χ1v) is 6.73. The van der Waals surface area contributed by atoms with E-state index in [0.29, 0.717) is 0 Å². The first kappa shape index (κ1) is 12.4. The Morgan fingerprint density at radius 1 is 1.29 bits per heavy atom. The van der Waals surface area contributed by atoms with E-state index in [-0.39, 0.29) is 0 Å². The minimum atomic E-state index is 1.13. The molecule has 1 aromatic rings. The molecule has 0 amide bonds. The standard InChI is InChI=1S/C14H24N3/c1-3-11-17(2)12-6-9-16(10-13-17)14-7-4-5-8-15-14/h4-5,7-8H,3,6,9-13H2,1-2H3/q+1. The van der Waals surface area contributed by atoms with Crippen molar-refractivity contribution in [3.8, 4) is 0 Å². The highest BCUT2D eigenvalue weighted by Gasteiger charge is 2.25. The predicted molar refractivity (Wildman–Crippen MR) is 72.1 cm³/mol. The van der Waals surface area contributed by atoms with Gasteiger partial charge in [0.05, 0.1) is 33.2 Å². The number of anilines is 1. The molecule has 94 valence electrons. The molecule has 1 aliphatic heterocycles. The molecule has 1 saturated heterocycles. The number of hydrogen-bond donors (Lipinski definition) is 0. The Labute approximate surface area is 105 Å². The monoisotopic (exact) mass is 234 g/mol. The van der Waals surface area contributed by atoms with E-state index in [4.69, 9.17) is 0 Å². The molecule has 0 spiro atoms. The average molecular weight is 234 g/mol. The van der Waals surface area contributed by atoms with Crippen LogP contribution in [-0.2, 0) is 0 Å². The molecule has 0 saturated carbocycles. The fourth-order valence-electron chi connectivity index (χ4n) is 2.76. The lowest BCUT2D eigenvalue weighted by Crippen LogP contribution is -2.47. The normalized spacial score (nSPS) is 25.6. The summed E-state index contributed by atoms with van der Waals surface area (Å²) >= 11 is 0. The van der Waals surface area contributed by atoms with Gasteiger partial charge in [-0.2, -0.15) is 0 Å². The van der Waals surface area contributed by atoms with Crippen LogP contribution < -0.4 is 4.90 Å². The van der Waals surface area contributed by atoms with Crippen LogP contribution in [0.15, 0.2) is 24.4 Å². The van der Waals surface area contributed by atoms with Gasteiger partial charge in [0.2, 0.25) is 0 Å². The van der Waals surface area contributed by atoms with Crippen LogP contribution in [0.5, 0.6) is 0 Å². The summed E-state index contributed by atoms with van der Waals surface area (Å²) in [5, 5.41) is 0. The summed E-state index contributed by atoms with van der Waals surface area (Å²) in [6, 6.07) is 6.18. The van der Waals surface area contributed by atoms with Crippen LogP contribution in [0.1, 0.15) is 19.8 Å². The molecule has 1 fully saturated rings. The van der Waals surface area contributed by atoms with Gasteiger partial charge in [-0.05, 0) is 18.6 Å². The van der Waals surface area contributed by atoms with Gasteiger partial charge in [-0.3, -0.25) is 0 Å². The molecule has 1 unspecified atom stereocenters. The number of aromatic nitrogens is 1. The van der Waals surface area contributed by atoms with Crippen molar-refractivity contribution in [2.45, 2.75) is 19.8 Å². The molecular weight excluding hydrogens is 210 g/mol. The quantitative estimate of drug-likeness (QED) is 0.745. The number of likely N-dealkylation sites (N-methyl/N-ethyl adjacent to an activating group) is 1. The maximum Gasteiger partial charge on any atom is 0.128 e. The molecule has 0 bridgehead atoms. The average Bonchev–Trinajstić information content (AvgIpc) is 2.53. The summed E-state index contributed by atoms with van der Waals surface area (Å²) in [6.45, 7) is 8.41. The van der Waals surface area contributed by atoms with Gasteiger partial charge in [-0.15, -0.1) is 0 Å². The van der Waals surface area contributed by atoms with E-state index < -0.39 is 0 Å². The SMILES string of the molecule is CCC[N+]1(C)CCCN(c2ccccn2)CC1. The van der Waals surface area contributed by atoms with Crippen LogP contribution in [-0.4, -0.2) is 49.2 Å². The fourth-order valence-corrected chi connectivity index (χ4v) is 2.76. The third-order valence-corrected chi connectivity index (χ3v) is 3.77. The van der Waals surface area contributed by atoms with Gasteiger partial charge in [-0.25, -0.2) is 4.98 Å². The van der Waals surface area contributed by atoms with Crippen LogP contribution >= 0.6 is 0 Å². The molecule has 0 aromatic carbocycles. The lowest BCUT2D eigenvalue weighted by Gasteiger charge is -2.33. The molecule has 1 aromatic heterocycles. The van der Waals surface area contributed by atoms with Crippen LogP contribution in [0.3, 0.4) is 0 Å². The zero-order valence-corrected chi connectivity index (χ0v) is 11.1. The number of pyridine rings is 1. The summed E-state index contributed by atoms with van der Waals surface area (Å²) in [7, 11) is 2.39. The van der Waals surface area contributed by atoms with Gasteiger partial charge < -0.3 is 9.38 Å². The van der Waals surface area contributed by atoms with Crippen molar-refractivity contribution < 1.29 is 4.48 Å². The minimum Gasteiger partial charge on any atom is -0.351 e. The molecule has 0 radical (unpaired) electrons. The van der Waals surface area contributed by atoms with Crippen molar-refractivity contribution in [2.75, 3.05) is 44.7 Å². The Balaban J connectivity index is 2.01. The van der Waals surface area contributed by atoms with E-state index in [1.54, 1.807) is 0 Å². The molecule has 0 aliphatic carbocycles. The van der Waals surface area contributed by atoms with Crippen LogP contribution in [0, 0.1) is 0 Å². The third-order valence-electron chi connectivity index (χ3n) is 3.77. The van der Waals surface area contributed by atoms with Crippen molar-refractivity contribution in [1.82, 2.24) is 4.98 Å². The maximum absolute atomic E-state index is 4.46. The number of quaternary nitrogens is 1. The summed E-state index contributed by atoms with van der Waals surface area (Å²) in [5.74, 6) is 1.14. The largest absolute Gasteiger partial charge is 0.351 e. The predicted octanol–water partition coefficient (Wildman–Crippen LogP) is 2.15. The second-order valence-electron chi connectivity index (χ2n) is 5.32. The van der Waals surface area contributed by atoms with E-state index in [0.717, 1.165) is 18.9 Å². The van der Waals surface area contributed by atoms with Gasteiger partial charge in [0.1, 0.15) is 5.82 Å². The van der Waals surface area contributed by atoms with Crippen LogP contribution in [0.4, 0.5) is 5.82 Å². The number of nitrogens with zero attached hydrogens (tertiary/aromatic N) is 3. The Kier molecular flexibility index (Phi) is 4.00. The molecule has 1 atom stereocenters. The second kappa shape index (κ2) is 5.50. The second-order valence-corrected chi connectivity index (χ2v) is 5.32. The first-order chi connectivity index (χ1) is 8.23. The molecule has 17 heavy (non-hydrogen) atoms. The van der Waals surface area contributed by atoms with Gasteiger partial charge >= 0.3 is 0 Å². The molecule has 1 aliphatic rings. The third kappa shape index (κ3) is 3.19. The Bertz CT molecular complexity index is 339. The fraction of sp³-hybridized carbons (Fsp3) is 0.643.